The van der Waals surface area contributed by atoms with E-state index < -0.39 is 0 Å². The van der Waals surface area contributed by atoms with Gasteiger partial charge >= 0.3 is 0 Å². The van der Waals surface area contributed by atoms with Crippen LogP contribution in [0.4, 0.5) is 5.69 Å². The SMILES string of the molecule is COc1ccc(C(=O)CC(C)C)cc1N1CCCC1. The zero-order valence-corrected chi connectivity index (χ0v) is 12.1. The first kappa shape index (κ1) is 13.9. The molecule has 104 valence electrons. The number of hydrogen-bond donors (Lipinski definition) is 0. The quantitative estimate of drug-likeness (QED) is 0.759. The number of ether oxygens (including phenoxy) is 1. The first-order valence-electron chi connectivity index (χ1n) is 7.08. The van der Waals surface area contributed by atoms with Gasteiger partial charge < -0.3 is 9.64 Å². The molecule has 0 bridgehead atoms. The predicted octanol–water partition coefficient (Wildman–Crippen LogP) is 3.52. The van der Waals surface area contributed by atoms with Gasteiger partial charge in [0.15, 0.2) is 5.78 Å². The zero-order valence-electron chi connectivity index (χ0n) is 12.1. The summed E-state index contributed by atoms with van der Waals surface area (Å²) in [6.45, 7) is 6.25. The lowest BCUT2D eigenvalue weighted by Crippen LogP contribution is -2.19. The van der Waals surface area contributed by atoms with Crippen molar-refractivity contribution in [2.45, 2.75) is 33.1 Å². The van der Waals surface area contributed by atoms with E-state index >= 15 is 0 Å². The summed E-state index contributed by atoms with van der Waals surface area (Å²) in [5.41, 5.74) is 1.87. The number of carbonyl (C=O) groups excluding carboxylic acids is 1. The number of Topliss-reactive ketones (excluding diaryl/α,β-unsaturated/α-hetero) is 1. The molecule has 0 aromatic heterocycles. The molecule has 0 aliphatic carbocycles. The van der Waals surface area contributed by atoms with Crippen LogP contribution in [0.3, 0.4) is 0 Å². The largest absolute Gasteiger partial charge is 0.495 e. The molecule has 3 nitrogen and oxygen atoms in total. The van der Waals surface area contributed by atoms with E-state index in [1.165, 1.54) is 12.8 Å². The van der Waals surface area contributed by atoms with Crippen molar-refractivity contribution in [3.05, 3.63) is 23.8 Å². The van der Waals surface area contributed by atoms with Crippen LogP contribution in [0.1, 0.15) is 43.5 Å². The summed E-state index contributed by atoms with van der Waals surface area (Å²) in [6.07, 6.45) is 3.03. The van der Waals surface area contributed by atoms with Gasteiger partial charge in [0.2, 0.25) is 0 Å². The normalized spacial score (nSPS) is 15.1. The Bertz CT molecular complexity index is 448. The molecule has 2 rings (SSSR count). The monoisotopic (exact) mass is 261 g/mol. The lowest BCUT2D eigenvalue weighted by molar-refractivity contribution is 0.0968. The third-order valence-electron chi connectivity index (χ3n) is 3.54. The molecule has 0 spiro atoms. The molecular weight excluding hydrogens is 238 g/mol. The molecule has 1 heterocycles. The third kappa shape index (κ3) is 3.28. The molecule has 1 aliphatic heterocycles. The van der Waals surface area contributed by atoms with Crippen LogP contribution in [0, 0.1) is 5.92 Å². The van der Waals surface area contributed by atoms with Gasteiger partial charge in [-0.15, -0.1) is 0 Å². The number of nitrogens with zero attached hydrogens (tertiary/aromatic N) is 1. The second-order valence-electron chi connectivity index (χ2n) is 5.60. The molecule has 1 aliphatic rings. The first-order valence-corrected chi connectivity index (χ1v) is 7.08. The molecule has 0 N–H and O–H groups in total. The maximum atomic E-state index is 12.2. The molecule has 3 heteroatoms. The maximum Gasteiger partial charge on any atom is 0.163 e. The summed E-state index contributed by atoms with van der Waals surface area (Å²) >= 11 is 0. The van der Waals surface area contributed by atoms with Gasteiger partial charge in [-0.2, -0.15) is 0 Å². The topological polar surface area (TPSA) is 29.5 Å². The van der Waals surface area contributed by atoms with E-state index in [1.807, 2.05) is 18.2 Å². The lowest BCUT2D eigenvalue weighted by atomic mass is 10.0. The van der Waals surface area contributed by atoms with Crippen molar-refractivity contribution < 1.29 is 9.53 Å². The Morgan fingerprint density at radius 2 is 2.00 bits per heavy atom. The highest BCUT2D eigenvalue weighted by molar-refractivity contribution is 5.97. The van der Waals surface area contributed by atoms with Crippen LogP contribution in [0.25, 0.3) is 0 Å². The van der Waals surface area contributed by atoms with Gasteiger partial charge in [0.25, 0.3) is 0 Å². The van der Waals surface area contributed by atoms with Gasteiger partial charge in [-0.05, 0) is 37.0 Å². The van der Waals surface area contributed by atoms with E-state index in [-0.39, 0.29) is 5.78 Å². The minimum absolute atomic E-state index is 0.220. The molecule has 0 amide bonds. The van der Waals surface area contributed by atoms with Crippen molar-refractivity contribution in [2.24, 2.45) is 5.92 Å². The van der Waals surface area contributed by atoms with Crippen molar-refractivity contribution in [3.8, 4) is 5.75 Å². The highest BCUT2D eigenvalue weighted by Gasteiger charge is 2.18. The molecule has 1 aromatic carbocycles. The molecule has 1 aromatic rings. The summed E-state index contributed by atoms with van der Waals surface area (Å²) in [5, 5.41) is 0. The maximum absolute atomic E-state index is 12.2. The Morgan fingerprint density at radius 1 is 1.32 bits per heavy atom. The number of rotatable bonds is 5. The smallest absolute Gasteiger partial charge is 0.163 e. The number of anilines is 1. The standard InChI is InChI=1S/C16H23NO2/c1-12(2)10-15(18)13-6-7-16(19-3)14(11-13)17-8-4-5-9-17/h6-7,11-12H,4-5,8-10H2,1-3H3. The summed E-state index contributed by atoms with van der Waals surface area (Å²) in [7, 11) is 1.69. The van der Waals surface area contributed by atoms with Gasteiger partial charge in [-0.3, -0.25) is 4.79 Å². The van der Waals surface area contributed by atoms with E-state index in [0.717, 1.165) is 30.1 Å². The molecule has 1 fully saturated rings. The van der Waals surface area contributed by atoms with Crippen molar-refractivity contribution in [1.82, 2.24) is 0 Å². The summed E-state index contributed by atoms with van der Waals surface area (Å²) < 4.78 is 5.42. The Hall–Kier alpha value is -1.51. The summed E-state index contributed by atoms with van der Waals surface area (Å²) in [5.74, 6) is 1.48. The van der Waals surface area contributed by atoms with Crippen LogP contribution < -0.4 is 9.64 Å². The Kier molecular flexibility index (Phi) is 4.46. The highest BCUT2D eigenvalue weighted by Crippen LogP contribution is 2.32. The fourth-order valence-electron chi connectivity index (χ4n) is 2.56. The Balaban J connectivity index is 2.27. The van der Waals surface area contributed by atoms with Crippen molar-refractivity contribution in [3.63, 3.8) is 0 Å². The van der Waals surface area contributed by atoms with Crippen molar-refractivity contribution >= 4 is 11.5 Å². The summed E-state index contributed by atoms with van der Waals surface area (Å²) in [4.78, 5) is 14.5. The van der Waals surface area contributed by atoms with E-state index in [1.54, 1.807) is 7.11 Å². The summed E-state index contributed by atoms with van der Waals surface area (Å²) in [6, 6.07) is 5.79. The van der Waals surface area contributed by atoms with Gasteiger partial charge in [0, 0.05) is 25.1 Å². The number of ketones is 1. The molecule has 19 heavy (non-hydrogen) atoms. The van der Waals surface area contributed by atoms with Gasteiger partial charge in [0.1, 0.15) is 5.75 Å². The first-order chi connectivity index (χ1) is 9.11. The molecular formula is C16H23NO2. The van der Waals surface area contributed by atoms with E-state index in [9.17, 15) is 4.79 Å². The molecule has 0 atom stereocenters. The molecule has 0 radical (unpaired) electrons. The van der Waals surface area contributed by atoms with Crippen LogP contribution in [0.15, 0.2) is 18.2 Å². The number of benzene rings is 1. The average molecular weight is 261 g/mol. The minimum atomic E-state index is 0.220. The van der Waals surface area contributed by atoms with Crippen LogP contribution >= 0.6 is 0 Å². The Labute approximate surface area is 115 Å². The highest BCUT2D eigenvalue weighted by atomic mass is 16.5. The van der Waals surface area contributed by atoms with Crippen LogP contribution in [0.2, 0.25) is 0 Å². The van der Waals surface area contributed by atoms with Gasteiger partial charge in [-0.1, -0.05) is 13.8 Å². The van der Waals surface area contributed by atoms with Crippen molar-refractivity contribution in [1.29, 1.82) is 0 Å². The molecule has 0 unspecified atom stereocenters. The average Bonchev–Trinajstić information content (AvgIpc) is 2.91. The van der Waals surface area contributed by atoms with Gasteiger partial charge in [0.05, 0.1) is 12.8 Å². The molecule has 1 saturated heterocycles. The fourth-order valence-corrected chi connectivity index (χ4v) is 2.56. The second-order valence-corrected chi connectivity index (χ2v) is 5.60. The Morgan fingerprint density at radius 3 is 2.58 bits per heavy atom. The fraction of sp³-hybridized carbons (Fsp3) is 0.562. The number of methoxy groups -OCH3 is 1. The second kappa shape index (κ2) is 6.09. The van der Waals surface area contributed by atoms with E-state index in [0.29, 0.717) is 12.3 Å². The minimum Gasteiger partial charge on any atom is -0.495 e. The zero-order chi connectivity index (χ0) is 13.8. The number of hydrogen-bond acceptors (Lipinski definition) is 3. The van der Waals surface area contributed by atoms with E-state index in [4.69, 9.17) is 4.74 Å². The van der Waals surface area contributed by atoms with E-state index in [2.05, 4.69) is 18.7 Å². The van der Waals surface area contributed by atoms with Crippen LogP contribution in [-0.2, 0) is 0 Å². The van der Waals surface area contributed by atoms with Crippen molar-refractivity contribution in [2.75, 3.05) is 25.1 Å². The van der Waals surface area contributed by atoms with Crippen LogP contribution in [-0.4, -0.2) is 26.0 Å². The predicted molar refractivity (Wildman–Crippen MR) is 78.2 cm³/mol. The molecule has 0 saturated carbocycles. The van der Waals surface area contributed by atoms with Gasteiger partial charge in [-0.25, -0.2) is 0 Å². The third-order valence-corrected chi connectivity index (χ3v) is 3.54. The lowest BCUT2D eigenvalue weighted by Gasteiger charge is -2.21. The number of carbonyl (C=O) groups is 1. The van der Waals surface area contributed by atoms with Crippen LogP contribution in [0.5, 0.6) is 5.75 Å².